The van der Waals surface area contributed by atoms with Gasteiger partial charge in [0, 0.05) is 19.2 Å². The molecular weight excluding hydrogens is 194 g/mol. The Kier molecular flexibility index (Phi) is 2.19. The van der Waals surface area contributed by atoms with Gasteiger partial charge in [-0.05, 0) is 24.1 Å². The van der Waals surface area contributed by atoms with Gasteiger partial charge in [-0.3, -0.25) is 4.79 Å². The number of aromatic carboxylic acids is 1. The highest BCUT2D eigenvalue weighted by Gasteiger charge is 2.25. The van der Waals surface area contributed by atoms with Crippen molar-refractivity contribution in [3.8, 4) is 0 Å². The molecule has 0 radical (unpaired) electrons. The molecule has 0 unspecified atom stereocenters. The van der Waals surface area contributed by atoms with Crippen LogP contribution in [0.3, 0.4) is 0 Å². The second-order valence-corrected chi connectivity index (χ2v) is 3.53. The molecule has 0 saturated carbocycles. The Morgan fingerprint density at radius 1 is 1.40 bits per heavy atom. The maximum absolute atomic E-state index is 11.3. The number of carboxylic acid groups (broad SMARTS) is 1. The molecule has 0 atom stereocenters. The van der Waals surface area contributed by atoms with E-state index in [9.17, 15) is 9.59 Å². The summed E-state index contributed by atoms with van der Waals surface area (Å²) in [5, 5.41) is 8.97. The average molecular weight is 205 g/mol. The van der Waals surface area contributed by atoms with E-state index in [0.29, 0.717) is 18.5 Å². The molecule has 1 amide bonds. The minimum atomic E-state index is -0.933. The fourth-order valence-electron chi connectivity index (χ4n) is 1.96. The summed E-state index contributed by atoms with van der Waals surface area (Å²) in [7, 11) is 0. The van der Waals surface area contributed by atoms with Crippen molar-refractivity contribution in [1.29, 1.82) is 0 Å². The predicted molar refractivity (Wildman–Crippen MR) is 55.1 cm³/mol. The highest BCUT2D eigenvalue weighted by molar-refractivity contribution is 5.98. The molecule has 0 aromatic heterocycles. The predicted octanol–water partition coefficient (Wildman–Crippen LogP) is 1.29. The normalized spacial score (nSPS) is 13.8. The van der Waals surface area contributed by atoms with Gasteiger partial charge in [-0.15, -0.1) is 0 Å². The van der Waals surface area contributed by atoms with Crippen LogP contribution in [0.15, 0.2) is 18.2 Å². The lowest BCUT2D eigenvalue weighted by Crippen LogP contribution is -2.25. The third-order valence-electron chi connectivity index (χ3n) is 2.64. The molecule has 1 aromatic rings. The summed E-state index contributed by atoms with van der Waals surface area (Å²) in [4.78, 5) is 23.8. The zero-order valence-corrected chi connectivity index (χ0v) is 8.36. The van der Waals surface area contributed by atoms with Crippen molar-refractivity contribution in [1.82, 2.24) is 0 Å². The number of carbonyl (C=O) groups excluding carboxylic acids is 1. The van der Waals surface area contributed by atoms with Gasteiger partial charge in [-0.1, -0.05) is 6.07 Å². The maximum atomic E-state index is 11.3. The van der Waals surface area contributed by atoms with Crippen molar-refractivity contribution in [2.45, 2.75) is 13.3 Å². The number of hydrogen-bond donors (Lipinski definition) is 1. The summed E-state index contributed by atoms with van der Waals surface area (Å²) in [6.07, 6.45) is 0.622. The van der Waals surface area contributed by atoms with E-state index < -0.39 is 5.97 Å². The minimum Gasteiger partial charge on any atom is -0.478 e. The lowest BCUT2D eigenvalue weighted by molar-refractivity contribution is -0.116. The van der Waals surface area contributed by atoms with Gasteiger partial charge < -0.3 is 10.0 Å². The Hall–Kier alpha value is -1.84. The van der Waals surface area contributed by atoms with Crippen molar-refractivity contribution >= 4 is 17.6 Å². The summed E-state index contributed by atoms with van der Waals surface area (Å²) in [5.74, 6) is -0.978. The average Bonchev–Trinajstić information content (AvgIpc) is 2.59. The standard InChI is InChI=1S/C11H11NO3/c1-7(13)12-6-5-8-9(11(14)15)3-2-4-10(8)12/h2-4H,5-6H2,1H3,(H,14,15). The van der Waals surface area contributed by atoms with Crippen molar-refractivity contribution in [2.75, 3.05) is 11.4 Å². The molecule has 0 bridgehead atoms. The van der Waals surface area contributed by atoms with E-state index >= 15 is 0 Å². The first-order chi connectivity index (χ1) is 7.11. The van der Waals surface area contributed by atoms with Crippen LogP contribution in [0.1, 0.15) is 22.8 Å². The van der Waals surface area contributed by atoms with Crippen molar-refractivity contribution < 1.29 is 14.7 Å². The number of benzene rings is 1. The highest BCUT2D eigenvalue weighted by Crippen LogP contribution is 2.30. The highest BCUT2D eigenvalue weighted by atomic mass is 16.4. The lowest BCUT2D eigenvalue weighted by atomic mass is 10.1. The topological polar surface area (TPSA) is 57.6 Å². The second-order valence-electron chi connectivity index (χ2n) is 3.53. The molecule has 1 N–H and O–H groups in total. The van der Waals surface area contributed by atoms with Gasteiger partial charge in [0.2, 0.25) is 5.91 Å². The molecule has 2 rings (SSSR count). The van der Waals surface area contributed by atoms with Crippen LogP contribution in [-0.4, -0.2) is 23.5 Å². The second kappa shape index (κ2) is 3.38. The Labute approximate surface area is 87.1 Å². The molecule has 1 aliphatic heterocycles. The third-order valence-corrected chi connectivity index (χ3v) is 2.64. The van der Waals surface area contributed by atoms with Crippen LogP contribution in [0, 0.1) is 0 Å². The van der Waals surface area contributed by atoms with E-state index in [2.05, 4.69) is 0 Å². The van der Waals surface area contributed by atoms with E-state index in [4.69, 9.17) is 5.11 Å². The number of carbonyl (C=O) groups is 2. The quantitative estimate of drug-likeness (QED) is 0.751. The van der Waals surface area contributed by atoms with Gasteiger partial charge in [-0.2, -0.15) is 0 Å². The van der Waals surface area contributed by atoms with Gasteiger partial charge in [0.15, 0.2) is 0 Å². The molecule has 15 heavy (non-hydrogen) atoms. The van der Waals surface area contributed by atoms with Crippen molar-refractivity contribution in [3.05, 3.63) is 29.3 Å². The first-order valence-corrected chi connectivity index (χ1v) is 4.74. The van der Waals surface area contributed by atoms with Crippen LogP contribution < -0.4 is 4.90 Å². The minimum absolute atomic E-state index is 0.0451. The Balaban J connectivity index is 2.52. The van der Waals surface area contributed by atoms with Crippen LogP contribution in [0.25, 0.3) is 0 Å². The number of amides is 1. The van der Waals surface area contributed by atoms with E-state index in [-0.39, 0.29) is 5.91 Å². The van der Waals surface area contributed by atoms with Crippen molar-refractivity contribution in [2.24, 2.45) is 0 Å². The fourth-order valence-corrected chi connectivity index (χ4v) is 1.96. The Morgan fingerprint density at radius 2 is 2.13 bits per heavy atom. The summed E-state index contributed by atoms with van der Waals surface area (Å²) < 4.78 is 0. The molecule has 4 nitrogen and oxygen atoms in total. The molecular formula is C11H11NO3. The van der Waals surface area contributed by atoms with E-state index in [1.165, 1.54) is 6.92 Å². The van der Waals surface area contributed by atoms with E-state index in [0.717, 1.165) is 11.3 Å². The molecule has 0 aliphatic carbocycles. The first kappa shape index (κ1) is 9.71. The van der Waals surface area contributed by atoms with Gasteiger partial charge in [0.1, 0.15) is 0 Å². The summed E-state index contributed by atoms with van der Waals surface area (Å²) in [6.45, 7) is 2.07. The first-order valence-electron chi connectivity index (χ1n) is 4.74. The van der Waals surface area contributed by atoms with Gasteiger partial charge >= 0.3 is 5.97 Å². The number of anilines is 1. The van der Waals surface area contributed by atoms with Crippen LogP contribution in [-0.2, 0) is 11.2 Å². The number of rotatable bonds is 1. The van der Waals surface area contributed by atoms with E-state index in [1.54, 1.807) is 23.1 Å². The van der Waals surface area contributed by atoms with Crippen LogP contribution in [0.5, 0.6) is 0 Å². The third kappa shape index (κ3) is 1.48. The molecule has 0 spiro atoms. The Morgan fingerprint density at radius 3 is 2.73 bits per heavy atom. The van der Waals surface area contributed by atoms with Gasteiger partial charge in [0.05, 0.1) is 5.56 Å². The lowest BCUT2D eigenvalue weighted by Gasteiger charge is -2.14. The summed E-state index contributed by atoms with van der Waals surface area (Å²) in [6, 6.07) is 5.03. The number of nitrogens with zero attached hydrogens (tertiary/aromatic N) is 1. The molecule has 0 fully saturated rings. The van der Waals surface area contributed by atoms with Gasteiger partial charge in [-0.25, -0.2) is 4.79 Å². The largest absolute Gasteiger partial charge is 0.478 e. The number of hydrogen-bond acceptors (Lipinski definition) is 2. The molecule has 78 valence electrons. The van der Waals surface area contributed by atoms with E-state index in [1.807, 2.05) is 0 Å². The zero-order valence-electron chi connectivity index (χ0n) is 8.36. The Bertz CT molecular complexity index is 439. The monoisotopic (exact) mass is 205 g/mol. The van der Waals surface area contributed by atoms with Crippen molar-refractivity contribution in [3.63, 3.8) is 0 Å². The van der Waals surface area contributed by atoms with Crippen LogP contribution >= 0.6 is 0 Å². The maximum Gasteiger partial charge on any atom is 0.336 e. The smallest absolute Gasteiger partial charge is 0.336 e. The van der Waals surface area contributed by atoms with Crippen LogP contribution in [0.4, 0.5) is 5.69 Å². The molecule has 1 aliphatic rings. The molecule has 1 aromatic carbocycles. The molecule has 0 saturated heterocycles. The SMILES string of the molecule is CC(=O)N1CCc2c(C(=O)O)cccc21. The molecule has 4 heteroatoms. The van der Waals surface area contributed by atoms with Gasteiger partial charge in [0.25, 0.3) is 0 Å². The number of fused-ring (bicyclic) bond motifs is 1. The zero-order chi connectivity index (χ0) is 11.0. The van der Waals surface area contributed by atoms with Crippen LogP contribution in [0.2, 0.25) is 0 Å². The molecule has 1 heterocycles. The number of carboxylic acids is 1. The summed E-state index contributed by atoms with van der Waals surface area (Å²) in [5.41, 5.74) is 1.80. The fraction of sp³-hybridized carbons (Fsp3) is 0.273. The summed E-state index contributed by atoms with van der Waals surface area (Å²) >= 11 is 0.